The summed E-state index contributed by atoms with van der Waals surface area (Å²) >= 11 is 0. The van der Waals surface area contributed by atoms with E-state index in [0.717, 1.165) is 0 Å². The van der Waals surface area contributed by atoms with Gasteiger partial charge in [-0.05, 0) is 0 Å². The zero-order valence-corrected chi connectivity index (χ0v) is 3.64. The second kappa shape index (κ2) is 4.10. The van der Waals surface area contributed by atoms with Crippen LogP contribution in [-0.4, -0.2) is 7.11 Å². The van der Waals surface area contributed by atoms with Gasteiger partial charge < -0.3 is 4.74 Å². The summed E-state index contributed by atoms with van der Waals surface area (Å²) in [5, 5.41) is 0. The summed E-state index contributed by atoms with van der Waals surface area (Å²) < 4.78 is 4.46. The molecule has 0 fully saturated rings. The molecule has 6 heavy (non-hydrogen) atoms. The Labute approximate surface area is 37.6 Å². The summed E-state index contributed by atoms with van der Waals surface area (Å²) in [6, 6.07) is 0. The van der Waals surface area contributed by atoms with Crippen LogP contribution < -0.4 is 0 Å². The maximum Gasteiger partial charge on any atom is 0.0907 e. The van der Waals surface area contributed by atoms with Crippen molar-refractivity contribution >= 4 is 0 Å². The van der Waals surface area contributed by atoms with Crippen molar-refractivity contribution in [2.75, 3.05) is 7.11 Å². The van der Waals surface area contributed by atoms with Gasteiger partial charge in [0.1, 0.15) is 0 Å². The minimum absolute atomic E-state index is 1.44. The molecule has 0 aliphatic rings. The summed E-state index contributed by atoms with van der Waals surface area (Å²) in [7, 11) is 1.55. The van der Waals surface area contributed by atoms with Crippen LogP contribution in [0.1, 0.15) is 0 Å². The average Bonchev–Trinajstić information content (AvgIpc) is 1.61. The highest BCUT2D eigenvalue weighted by Gasteiger charge is 1.51. The third kappa shape index (κ3) is 3.10. The van der Waals surface area contributed by atoms with Crippen LogP contribution in [0.25, 0.3) is 0 Å². The number of rotatable bonds is 1. The van der Waals surface area contributed by atoms with Gasteiger partial charge in [-0.25, -0.2) is 0 Å². The first-order chi connectivity index (χ1) is 2.91. The van der Waals surface area contributed by atoms with E-state index in [1.54, 1.807) is 7.11 Å². The van der Waals surface area contributed by atoms with Crippen molar-refractivity contribution in [2.45, 2.75) is 0 Å². The van der Waals surface area contributed by atoms with E-state index >= 15 is 0 Å². The van der Waals surface area contributed by atoms with Crippen molar-refractivity contribution in [1.82, 2.24) is 0 Å². The lowest BCUT2D eigenvalue weighted by Gasteiger charge is -1.76. The lowest BCUT2D eigenvalue weighted by atomic mass is 10.7. The quantitative estimate of drug-likeness (QED) is 0.335. The van der Waals surface area contributed by atoms with Gasteiger partial charge in [0, 0.05) is 6.08 Å². The third-order valence-corrected chi connectivity index (χ3v) is 0.300. The van der Waals surface area contributed by atoms with E-state index in [1.165, 1.54) is 12.3 Å². The highest BCUT2D eigenvalue weighted by Crippen LogP contribution is 1.64. The summed E-state index contributed by atoms with van der Waals surface area (Å²) in [6.45, 7) is 0. The zero-order chi connectivity index (χ0) is 4.83. The first kappa shape index (κ1) is 5.10. The molecule has 0 rings (SSSR count). The van der Waals surface area contributed by atoms with Gasteiger partial charge in [0.2, 0.25) is 0 Å². The van der Waals surface area contributed by atoms with E-state index in [2.05, 4.69) is 10.7 Å². The molecular formula is C5H6O. The second-order valence-corrected chi connectivity index (χ2v) is 0.705. The van der Waals surface area contributed by atoms with Gasteiger partial charge in [-0.2, -0.15) is 0 Å². The van der Waals surface area contributed by atoms with Gasteiger partial charge in [-0.3, -0.25) is 0 Å². The van der Waals surface area contributed by atoms with Crippen molar-refractivity contribution in [3.05, 3.63) is 12.3 Å². The summed E-state index contributed by atoms with van der Waals surface area (Å²) in [5.41, 5.74) is 0. The predicted octanol–water partition coefficient (Wildman–Crippen LogP) is 0.780. The largest absolute Gasteiger partial charge is 0.504 e. The third-order valence-electron chi connectivity index (χ3n) is 0.300. The number of terminal acetylenes is 1. The molecule has 0 N–H and O–H groups in total. The van der Waals surface area contributed by atoms with E-state index < -0.39 is 0 Å². The second-order valence-electron chi connectivity index (χ2n) is 0.705. The van der Waals surface area contributed by atoms with Gasteiger partial charge in [0.25, 0.3) is 0 Å². The van der Waals surface area contributed by atoms with Crippen molar-refractivity contribution in [1.29, 1.82) is 0 Å². The van der Waals surface area contributed by atoms with Crippen LogP contribution in [0.4, 0.5) is 0 Å². The highest BCUT2D eigenvalue weighted by atomic mass is 16.5. The molecule has 32 valence electrons. The Bertz CT molecular complexity index is 76.4. The van der Waals surface area contributed by atoms with Gasteiger partial charge in [-0.15, -0.1) is 6.42 Å². The van der Waals surface area contributed by atoms with Crippen molar-refractivity contribution < 1.29 is 4.74 Å². The zero-order valence-electron chi connectivity index (χ0n) is 3.64. The van der Waals surface area contributed by atoms with Crippen LogP contribution in [0.5, 0.6) is 0 Å². The number of ether oxygens (including phenoxy) is 1. The molecule has 0 aromatic carbocycles. The molecule has 0 spiro atoms. The molecule has 0 amide bonds. The van der Waals surface area contributed by atoms with Crippen LogP contribution in [0.3, 0.4) is 0 Å². The molecule has 1 nitrogen and oxygen atoms in total. The minimum Gasteiger partial charge on any atom is -0.504 e. The van der Waals surface area contributed by atoms with E-state index in [0.29, 0.717) is 0 Å². The Kier molecular flexibility index (Phi) is 3.48. The number of hydrogen-bond donors (Lipinski definition) is 0. The molecule has 0 aromatic heterocycles. The molecule has 0 unspecified atom stereocenters. The Morgan fingerprint density at radius 2 is 2.50 bits per heavy atom. The molecular weight excluding hydrogens is 76.1 g/mol. The van der Waals surface area contributed by atoms with Crippen LogP contribution in [0, 0.1) is 12.3 Å². The molecule has 0 bridgehead atoms. The smallest absolute Gasteiger partial charge is 0.0907 e. The molecule has 0 atom stereocenters. The van der Waals surface area contributed by atoms with Gasteiger partial charge in [0.15, 0.2) is 0 Å². The molecule has 0 radical (unpaired) electrons. The summed E-state index contributed by atoms with van der Waals surface area (Å²) in [4.78, 5) is 0. The Morgan fingerprint density at radius 1 is 1.83 bits per heavy atom. The first-order valence-corrected chi connectivity index (χ1v) is 1.55. The Hall–Kier alpha value is -0.900. The summed E-state index contributed by atoms with van der Waals surface area (Å²) in [6.07, 6.45) is 7.73. The molecule has 0 aromatic rings. The normalized spacial score (nSPS) is 8.00. The lowest BCUT2D eigenvalue weighted by Crippen LogP contribution is -1.59. The van der Waals surface area contributed by atoms with E-state index in [1.807, 2.05) is 0 Å². The molecule has 0 heterocycles. The first-order valence-electron chi connectivity index (χ1n) is 1.55. The SMILES string of the molecule is C#C/C=C\OC. The van der Waals surface area contributed by atoms with Crippen LogP contribution in [0.2, 0.25) is 0 Å². The van der Waals surface area contributed by atoms with Crippen LogP contribution in [-0.2, 0) is 4.74 Å². The fourth-order valence-corrected chi connectivity index (χ4v) is 0.107. The molecule has 0 saturated carbocycles. The predicted molar refractivity (Wildman–Crippen MR) is 25.0 cm³/mol. The maximum absolute atomic E-state index is 4.80. The Morgan fingerprint density at radius 3 is 2.67 bits per heavy atom. The van der Waals surface area contributed by atoms with Gasteiger partial charge in [-0.1, -0.05) is 5.92 Å². The fraction of sp³-hybridized carbons (Fsp3) is 0.200. The van der Waals surface area contributed by atoms with E-state index in [9.17, 15) is 0 Å². The van der Waals surface area contributed by atoms with Gasteiger partial charge >= 0.3 is 0 Å². The van der Waals surface area contributed by atoms with E-state index in [4.69, 9.17) is 6.42 Å². The van der Waals surface area contributed by atoms with E-state index in [-0.39, 0.29) is 0 Å². The summed E-state index contributed by atoms with van der Waals surface area (Å²) in [5.74, 6) is 2.26. The lowest BCUT2D eigenvalue weighted by molar-refractivity contribution is 0.338. The number of allylic oxidation sites excluding steroid dienone is 1. The molecule has 0 aliphatic carbocycles. The highest BCUT2D eigenvalue weighted by molar-refractivity contribution is 5.05. The average molecular weight is 82.1 g/mol. The molecule has 0 aliphatic heterocycles. The topological polar surface area (TPSA) is 9.23 Å². The molecule has 0 saturated heterocycles. The standard InChI is InChI=1S/C5H6O/c1-3-4-5-6-2/h1,4-5H,2H3/b5-4-. The maximum atomic E-state index is 4.80. The number of methoxy groups -OCH3 is 1. The monoisotopic (exact) mass is 82.0 g/mol. The number of hydrogen-bond acceptors (Lipinski definition) is 1. The fourth-order valence-electron chi connectivity index (χ4n) is 0.107. The molecule has 1 heteroatoms. The van der Waals surface area contributed by atoms with Crippen molar-refractivity contribution in [3.8, 4) is 12.3 Å². The van der Waals surface area contributed by atoms with Crippen LogP contribution >= 0.6 is 0 Å². The van der Waals surface area contributed by atoms with Crippen molar-refractivity contribution in [3.63, 3.8) is 0 Å². The van der Waals surface area contributed by atoms with Crippen LogP contribution in [0.15, 0.2) is 12.3 Å². The minimum atomic E-state index is 1.44. The Balaban J connectivity index is 3.02. The van der Waals surface area contributed by atoms with Gasteiger partial charge in [0.05, 0.1) is 13.4 Å². The van der Waals surface area contributed by atoms with Crippen molar-refractivity contribution in [2.24, 2.45) is 0 Å².